The van der Waals surface area contributed by atoms with E-state index in [1.54, 1.807) is 0 Å². The third-order valence-electron chi connectivity index (χ3n) is 3.04. The van der Waals surface area contributed by atoms with Crippen molar-refractivity contribution in [2.24, 2.45) is 0 Å². The second-order valence-electron chi connectivity index (χ2n) is 4.88. The number of halogens is 2. The summed E-state index contributed by atoms with van der Waals surface area (Å²) in [5.74, 6) is 1.86. The number of rotatable bonds is 4. The van der Waals surface area contributed by atoms with Gasteiger partial charge in [0.05, 0.1) is 0 Å². The Hall–Kier alpha value is -1.32. The molecule has 106 valence electrons. The lowest BCUT2D eigenvalue weighted by Gasteiger charge is -2.11. The maximum Gasteiger partial charge on any atom is 0.135 e. The molecule has 1 aromatic heterocycles. The second-order valence-corrected chi connectivity index (χ2v) is 5.69. The van der Waals surface area contributed by atoms with Gasteiger partial charge < -0.3 is 5.32 Å². The molecular formula is C15H17Cl2N3. The van der Waals surface area contributed by atoms with Gasteiger partial charge in [-0.05, 0) is 23.6 Å². The third-order valence-corrected chi connectivity index (χ3v) is 3.74. The van der Waals surface area contributed by atoms with Crippen molar-refractivity contribution < 1.29 is 0 Å². The maximum absolute atomic E-state index is 6.20. The molecule has 1 heterocycles. The van der Waals surface area contributed by atoms with E-state index in [9.17, 15) is 0 Å². The molecule has 0 unspecified atom stereocenters. The van der Waals surface area contributed by atoms with Crippen LogP contribution in [-0.4, -0.2) is 17.0 Å². The summed E-state index contributed by atoms with van der Waals surface area (Å²) < 4.78 is 0. The SMILES string of the molecule is CNc1cc(C(C)C)nc(Cc2c(Cl)cccc2Cl)n1. The fourth-order valence-corrected chi connectivity index (χ4v) is 2.41. The van der Waals surface area contributed by atoms with Gasteiger partial charge in [0.1, 0.15) is 11.6 Å². The van der Waals surface area contributed by atoms with Crippen LogP contribution in [0.25, 0.3) is 0 Å². The second kappa shape index (κ2) is 6.42. The number of nitrogens with one attached hydrogen (secondary N) is 1. The van der Waals surface area contributed by atoms with Crippen LogP contribution >= 0.6 is 23.2 Å². The minimum atomic E-state index is 0.338. The molecule has 3 nitrogen and oxygen atoms in total. The largest absolute Gasteiger partial charge is 0.373 e. The molecule has 0 spiro atoms. The highest BCUT2D eigenvalue weighted by Crippen LogP contribution is 2.26. The topological polar surface area (TPSA) is 37.8 Å². The van der Waals surface area contributed by atoms with Crippen molar-refractivity contribution in [2.75, 3.05) is 12.4 Å². The Kier molecular flexibility index (Phi) is 4.84. The van der Waals surface area contributed by atoms with Crippen LogP contribution in [0.3, 0.4) is 0 Å². The van der Waals surface area contributed by atoms with Crippen LogP contribution in [0.4, 0.5) is 5.82 Å². The zero-order valence-corrected chi connectivity index (χ0v) is 13.3. The van der Waals surface area contributed by atoms with Gasteiger partial charge in [-0.25, -0.2) is 9.97 Å². The predicted octanol–water partition coefficient (Wildman–Crippen LogP) is 4.54. The molecule has 0 aliphatic rings. The highest BCUT2D eigenvalue weighted by atomic mass is 35.5. The van der Waals surface area contributed by atoms with Crippen LogP contribution in [0.2, 0.25) is 10.0 Å². The average molecular weight is 310 g/mol. The highest BCUT2D eigenvalue weighted by Gasteiger charge is 2.11. The van der Waals surface area contributed by atoms with E-state index in [1.165, 1.54) is 0 Å². The molecule has 0 fully saturated rings. The third kappa shape index (κ3) is 3.41. The summed E-state index contributed by atoms with van der Waals surface area (Å²) in [5.41, 5.74) is 1.86. The van der Waals surface area contributed by atoms with Gasteiger partial charge in [0.25, 0.3) is 0 Å². The van der Waals surface area contributed by atoms with E-state index in [0.717, 1.165) is 22.9 Å². The maximum atomic E-state index is 6.20. The number of aromatic nitrogens is 2. The molecular weight excluding hydrogens is 293 g/mol. The van der Waals surface area contributed by atoms with Crippen molar-refractivity contribution in [3.05, 3.63) is 51.4 Å². The number of nitrogens with zero attached hydrogens (tertiary/aromatic N) is 2. The van der Waals surface area contributed by atoms with Crippen LogP contribution in [0, 0.1) is 0 Å². The Balaban J connectivity index is 2.40. The molecule has 0 saturated heterocycles. The molecule has 0 aliphatic heterocycles. The molecule has 5 heteroatoms. The van der Waals surface area contributed by atoms with Crippen molar-refractivity contribution >= 4 is 29.0 Å². The fourth-order valence-electron chi connectivity index (χ4n) is 1.88. The van der Waals surface area contributed by atoms with Gasteiger partial charge in [-0.15, -0.1) is 0 Å². The molecule has 0 amide bonds. The molecule has 0 aliphatic carbocycles. The van der Waals surface area contributed by atoms with Crippen molar-refractivity contribution in [1.82, 2.24) is 9.97 Å². The molecule has 1 aromatic carbocycles. The molecule has 0 radical (unpaired) electrons. The van der Waals surface area contributed by atoms with Crippen molar-refractivity contribution in [3.63, 3.8) is 0 Å². The summed E-state index contributed by atoms with van der Waals surface area (Å²) in [7, 11) is 1.85. The van der Waals surface area contributed by atoms with E-state index < -0.39 is 0 Å². The summed E-state index contributed by atoms with van der Waals surface area (Å²) in [6, 6.07) is 7.45. The lowest BCUT2D eigenvalue weighted by molar-refractivity contribution is 0.793. The van der Waals surface area contributed by atoms with E-state index in [4.69, 9.17) is 23.2 Å². The van der Waals surface area contributed by atoms with Crippen molar-refractivity contribution in [1.29, 1.82) is 0 Å². The molecule has 2 rings (SSSR count). The molecule has 0 bridgehead atoms. The number of hydrogen-bond donors (Lipinski definition) is 1. The van der Waals surface area contributed by atoms with Gasteiger partial charge in [0.15, 0.2) is 0 Å². The number of benzene rings is 1. The molecule has 0 atom stereocenters. The summed E-state index contributed by atoms with van der Waals surface area (Å²) in [6.07, 6.45) is 0.522. The first-order valence-electron chi connectivity index (χ1n) is 6.49. The Bertz CT molecular complexity index is 592. The van der Waals surface area contributed by atoms with Gasteiger partial charge in [0, 0.05) is 35.3 Å². The van der Waals surface area contributed by atoms with Gasteiger partial charge in [-0.2, -0.15) is 0 Å². The van der Waals surface area contributed by atoms with Crippen molar-refractivity contribution in [2.45, 2.75) is 26.2 Å². The Labute approximate surface area is 129 Å². The number of hydrogen-bond acceptors (Lipinski definition) is 3. The number of anilines is 1. The quantitative estimate of drug-likeness (QED) is 0.901. The molecule has 0 saturated carbocycles. The van der Waals surface area contributed by atoms with Gasteiger partial charge >= 0.3 is 0 Å². The van der Waals surface area contributed by atoms with E-state index >= 15 is 0 Å². The van der Waals surface area contributed by atoms with E-state index in [-0.39, 0.29) is 0 Å². The van der Waals surface area contributed by atoms with Crippen LogP contribution < -0.4 is 5.32 Å². The first kappa shape index (κ1) is 15.1. The van der Waals surface area contributed by atoms with Gasteiger partial charge in [0.2, 0.25) is 0 Å². The Morgan fingerprint density at radius 1 is 1.15 bits per heavy atom. The van der Waals surface area contributed by atoms with E-state index in [0.29, 0.717) is 22.4 Å². The first-order valence-corrected chi connectivity index (χ1v) is 7.25. The van der Waals surface area contributed by atoms with Crippen LogP contribution in [0.15, 0.2) is 24.3 Å². The zero-order chi connectivity index (χ0) is 14.7. The lowest BCUT2D eigenvalue weighted by Crippen LogP contribution is -2.06. The lowest BCUT2D eigenvalue weighted by atomic mass is 10.1. The Morgan fingerprint density at radius 2 is 1.80 bits per heavy atom. The smallest absolute Gasteiger partial charge is 0.135 e. The van der Waals surface area contributed by atoms with E-state index in [1.807, 2.05) is 31.3 Å². The minimum Gasteiger partial charge on any atom is -0.373 e. The summed E-state index contributed by atoms with van der Waals surface area (Å²) in [6.45, 7) is 4.21. The zero-order valence-electron chi connectivity index (χ0n) is 11.7. The van der Waals surface area contributed by atoms with Crippen molar-refractivity contribution in [3.8, 4) is 0 Å². The standard InChI is InChI=1S/C15H17Cl2N3/c1-9(2)13-8-14(18-3)20-15(19-13)7-10-11(16)5-4-6-12(10)17/h4-6,8-9H,7H2,1-3H3,(H,18,19,20). The summed E-state index contributed by atoms with van der Waals surface area (Å²) in [5, 5.41) is 4.34. The molecule has 2 aromatic rings. The highest BCUT2D eigenvalue weighted by molar-refractivity contribution is 6.36. The molecule has 1 N–H and O–H groups in total. The molecule has 20 heavy (non-hydrogen) atoms. The van der Waals surface area contributed by atoms with Crippen LogP contribution in [-0.2, 0) is 6.42 Å². The predicted molar refractivity (Wildman–Crippen MR) is 84.9 cm³/mol. The van der Waals surface area contributed by atoms with Gasteiger partial charge in [-0.3, -0.25) is 0 Å². The van der Waals surface area contributed by atoms with E-state index in [2.05, 4.69) is 29.1 Å². The first-order chi connectivity index (χ1) is 9.51. The summed E-state index contributed by atoms with van der Waals surface area (Å²) in [4.78, 5) is 9.06. The fraction of sp³-hybridized carbons (Fsp3) is 0.333. The van der Waals surface area contributed by atoms with Crippen LogP contribution in [0.5, 0.6) is 0 Å². The normalized spacial score (nSPS) is 10.9. The van der Waals surface area contributed by atoms with Gasteiger partial charge in [-0.1, -0.05) is 43.1 Å². The summed E-state index contributed by atoms with van der Waals surface area (Å²) >= 11 is 12.4. The monoisotopic (exact) mass is 309 g/mol. The van der Waals surface area contributed by atoms with Crippen LogP contribution in [0.1, 0.15) is 36.8 Å². The Morgan fingerprint density at radius 3 is 2.35 bits per heavy atom. The average Bonchev–Trinajstić information content (AvgIpc) is 2.42. The minimum absolute atomic E-state index is 0.338.